The number of imidazole rings is 1. The van der Waals surface area contributed by atoms with Crippen molar-refractivity contribution in [3.63, 3.8) is 0 Å². The van der Waals surface area contributed by atoms with Gasteiger partial charge < -0.3 is 15.0 Å². The summed E-state index contributed by atoms with van der Waals surface area (Å²) in [5.41, 5.74) is 0.483. The number of nitrogens with one attached hydrogen (secondary N) is 1. The first kappa shape index (κ1) is 20.0. The molecule has 0 bridgehead atoms. The van der Waals surface area contributed by atoms with E-state index in [4.69, 9.17) is 0 Å². The minimum atomic E-state index is -1.29. The van der Waals surface area contributed by atoms with Crippen molar-refractivity contribution in [2.24, 2.45) is 0 Å². The molecule has 0 radical (unpaired) electrons. The van der Waals surface area contributed by atoms with Crippen LogP contribution >= 0.6 is 0 Å². The van der Waals surface area contributed by atoms with Gasteiger partial charge in [0.1, 0.15) is 17.3 Å². The molecule has 8 heteroatoms. The maximum Gasteiger partial charge on any atom is 0.180 e. The maximum atomic E-state index is 13.5. The lowest BCUT2D eigenvalue weighted by atomic mass is 9.75. The fraction of sp³-hybridized carbons (Fsp3) is 0.364. The van der Waals surface area contributed by atoms with E-state index in [2.05, 4.69) is 27.2 Å². The molecule has 3 aromatic rings. The van der Waals surface area contributed by atoms with E-state index in [1.807, 2.05) is 10.6 Å². The summed E-state index contributed by atoms with van der Waals surface area (Å²) < 4.78 is 15.5. The third-order valence-electron chi connectivity index (χ3n) is 5.95. The van der Waals surface area contributed by atoms with Crippen LogP contribution in [-0.4, -0.2) is 37.3 Å². The highest BCUT2D eigenvalue weighted by Crippen LogP contribution is 2.43. The van der Waals surface area contributed by atoms with Gasteiger partial charge in [-0.25, -0.2) is 19.3 Å². The number of nitriles is 1. The highest BCUT2D eigenvalue weighted by Gasteiger charge is 2.42. The largest absolute Gasteiger partial charge is 0.375 e. The van der Waals surface area contributed by atoms with Gasteiger partial charge in [0.2, 0.25) is 0 Å². The Morgan fingerprint density at radius 2 is 1.83 bits per heavy atom. The first-order valence-electron chi connectivity index (χ1n) is 9.86. The van der Waals surface area contributed by atoms with Gasteiger partial charge >= 0.3 is 0 Å². The smallest absolute Gasteiger partial charge is 0.180 e. The topological polar surface area (TPSA) is 99.6 Å². The monoisotopic (exact) mass is 406 g/mol. The number of halogens is 1. The average Bonchev–Trinajstić information content (AvgIpc) is 3.23. The van der Waals surface area contributed by atoms with E-state index < -0.39 is 5.60 Å². The summed E-state index contributed by atoms with van der Waals surface area (Å²) in [6.07, 6.45) is 5.39. The number of aliphatic hydroxyl groups is 1. The highest BCUT2D eigenvalue weighted by molar-refractivity contribution is 5.76. The van der Waals surface area contributed by atoms with Crippen molar-refractivity contribution in [2.75, 3.05) is 12.4 Å². The van der Waals surface area contributed by atoms with Gasteiger partial charge in [-0.05, 0) is 62.9 Å². The summed E-state index contributed by atoms with van der Waals surface area (Å²) >= 11 is 0. The van der Waals surface area contributed by atoms with Crippen LogP contribution in [0.3, 0.4) is 0 Å². The minimum absolute atomic E-state index is 0.316. The predicted molar refractivity (Wildman–Crippen MR) is 111 cm³/mol. The second-order valence-corrected chi connectivity index (χ2v) is 7.97. The quantitative estimate of drug-likeness (QED) is 0.641. The molecule has 2 N–H and O–H groups in total. The van der Waals surface area contributed by atoms with Crippen LogP contribution in [0.15, 0.2) is 42.9 Å². The Hall–Kier alpha value is -3.31. The Labute approximate surface area is 174 Å². The zero-order chi connectivity index (χ0) is 21.4. The first-order chi connectivity index (χ1) is 14.4. The van der Waals surface area contributed by atoms with Crippen LogP contribution in [0.5, 0.6) is 0 Å². The van der Waals surface area contributed by atoms with Crippen LogP contribution in [-0.2, 0) is 5.54 Å². The molecule has 0 aliphatic heterocycles. The van der Waals surface area contributed by atoms with E-state index in [-0.39, 0.29) is 11.4 Å². The molecule has 0 atom stereocenters. The number of anilines is 1. The maximum absolute atomic E-state index is 13.5. The molecule has 1 aromatic carbocycles. The third-order valence-corrected chi connectivity index (χ3v) is 5.95. The number of aromatic nitrogens is 4. The Kier molecular flexibility index (Phi) is 5.00. The second kappa shape index (κ2) is 7.50. The van der Waals surface area contributed by atoms with Crippen molar-refractivity contribution in [3.05, 3.63) is 48.7 Å². The van der Waals surface area contributed by atoms with Crippen LogP contribution in [0.25, 0.3) is 22.8 Å². The van der Waals surface area contributed by atoms with Gasteiger partial charge in [-0.1, -0.05) is 0 Å². The SMILES string of the molecule is CNc1ccnc(-c2c(-c3ccc(F)cc3)ncn2C2(C)CCC(O)(C#N)CC2)n1. The molecule has 7 nitrogen and oxygen atoms in total. The summed E-state index contributed by atoms with van der Waals surface area (Å²) in [6, 6.07) is 9.98. The Morgan fingerprint density at radius 1 is 1.13 bits per heavy atom. The fourth-order valence-corrected chi connectivity index (χ4v) is 3.96. The lowest BCUT2D eigenvalue weighted by Gasteiger charge is -2.40. The molecule has 0 amide bonds. The molecule has 2 heterocycles. The van der Waals surface area contributed by atoms with E-state index in [9.17, 15) is 14.8 Å². The molecule has 1 fully saturated rings. The van der Waals surface area contributed by atoms with Gasteiger partial charge in [0.15, 0.2) is 11.4 Å². The molecular formula is C22H23FN6O. The van der Waals surface area contributed by atoms with Crippen molar-refractivity contribution in [3.8, 4) is 28.8 Å². The van der Waals surface area contributed by atoms with E-state index in [0.717, 1.165) is 11.3 Å². The van der Waals surface area contributed by atoms with Crippen LogP contribution in [0.1, 0.15) is 32.6 Å². The van der Waals surface area contributed by atoms with Gasteiger partial charge in [0.05, 0.1) is 18.1 Å². The summed E-state index contributed by atoms with van der Waals surface area (Å²) in [4.78, 5) is 13.7. The molecule has 1 aliphatic rings. The number of nitrogens with zero attached hydrogens (tertiary/aromatic N) is 5. The molecule has 2 aromatic heterocycles. The summed E-state index contributed by atoms with van der Waals surface area (Å²) in [7, 11) is 1.79. The van der Waals surface area contributed by atoms with E-state index in [1.54, 1.807) is 37.8 Å². The van der Waals surface area contributed by atoms with Gasteiger partial charge in [0, 0.05) is 24.3 Å². The summed E-state index contributed by atoms with van der Waals surface area (Å²) in [5.74, 6) is 0.856. The highest BCUT2D eigenvalue weighted by atomic mass is 19.1. The zero-order valence-corrected chi connectivity index (χ0v) is 16.9. The van der Waals surface area contributed by atoms with Crippen LogP contribution in [0.4, 0.5) is 10.2 Å². The number of hydrogen-bond acceptors (Lipinski definition) is 6. The lowest BCUT2D eigenvalue weighted by Crippen LogP contribution is -2.42. The zero-order valence-electron chi connectivity index (χ0n) is 16.9. The molecule has 0 unspecified atom stereocenters. The van der Waals surface area contributed by atoms with E-state index in [0.29, 0.717) is 43.0 Å². The van der Waals surface area contributed by atoms with Crippen LogP contribution < -0.4 is 5.32 Å². The lowest BCUT2D eigenvalue weighted by molar-refractivity contribution is 0.0198. The number of rotatable bonds is 4. The number of benzene rings is 1. The molecule has 0 spiro atoms. The third kappa shape index (κ3) is 3.53. The van der Waals surface area contributed by atoms with Gasteiger partial charge in [0.25, 0.3) is 0 Å². The average molecular weight is 406 g/mol. The van der Waals surface area contributed by atoms with E-state index >= 15 is 0 Å². The molecule has 30 heavy (non-hydrogen) atoms. The Balaban J connectivity index is 1.85. The summed E-state index contributed by atoms with van der Waals surface area (Å²) in [5, 5.41) is 22.7. The van der Waals surface area contributed by atoms with Gasteiger partial charge in [-0.3, -0.25) is 0 Å². The summed E-state index contributed by atoms with van der Waals surface area (Å²) in [6.45, 7) is 2.09. The number of hydrogen-bond donors (Lipinski definition) is 2. The molecule has 4 rings (SSSR count). The van der Waals surface area contributed by atoms with Gasteiger partial charge in [-0.15, -0.1) is 0 Å². The van der Waals surface area contributed by atoms with Crippen molar-refractivity contribution in [1.82, 2.24) is 19.5 Å². The molecular weight excluding hydrogens is 383 g/mol. The molecule has 0 saturated heterocycles. The van der Waals surface area contributed by atoms with Crippen molar-refractivity contribution in [1.29, 1.82) is 5.26 Å². The van der Waals surface area contributed by atoms with Crippen LogP contribution in [0, 0.1) is 17.1 Å². The standard InChI is InChI=1S/C22H23FN6O/c1-21(8-10-22(30,13-24)11-9-21)29-14-27-18(15-3-5-16(23)6-4-15)19(29)20-26-12-7-17(25-2)28-20/h3-7,12,14,30H,8-11H2,1-2H3,(H,25,26,28). The minimum Gasteiger partial charge on any atom is -0.375 e. The molecule has 154 valence electrons. The van der Waals surface area contributed by atoms with Crippen molar-refractivity contribution < 1.29 is 9.50 Å². The van der Waals surface area contributed by atoms with Crippen molar-refractivity contribution >= 4 is 5.82 Å². The molecule has 1 saturated carbocycles. The first-order valence-corrected chi connectivity index (χ1v) is 9.86. The van der Waals surface area contributed by atoms with Gasteiger partial charge in [-0.2, -0.15) is 5.26 Å². The molecule has 1 aliphatic carbocycles. The van der Waals surface area contributed by atoms with Crippen LogP contribution in [0.2, 0.25) is 0 Å². The second-order valence-electron chi connectivity index (χ2n) is 7.97. The Bertz CT molecular complexity index is 1090. The van der Waals surface area contributed by atoms with Crippen molar-refractivity contribution in [2.45, 2.75) is 43.7 Å². The predicted octanol–water partition coefficient (Wildman–Crippen LogP) is 3.73. The fourth-order valence-electron chi connectivity index (χ4n) is 3.96. The normalized spacial score (nSPS) is 23.7. The van der Waals surface area contributed by atoms with E-state index in [1.165, 1.54) is 12.1 Å². The Morgan fingerprint density at radius 3 is 2.47 bits per heavy atom.